The van der Waals surface area contributed by atoms with E-state index in [2.05, 4.69) is 91.4 Å². The third-order valence-electron chi connectivity index (χ3n) is 4.85. The molecule has 0 atom stereocenters. The lowest BCUT2D eigenvalue weighted by Crippen LogP contribution is -1.92. The molecule has 0 saturated heterocycles. The molecule has 0 aliphatic rings. The van der Waals surface area contributed by atoms with Crippen molar-refractivity contribution in [2.75, 3.05) is 0 Å². The van der Waals surface area contributed by atoms with Crippen LogP contribution in [0.3, 0.4) is 0 Å². The molecule has 2 nitrogen and oxygen atoms in total. The standard InChI is InChI=1S/C24H14Br2N2/c25-17-7-3-15(4-8-17)20-14-23(16-5-9-18(26)10-6-16)28-22-12-11-21-19(24(20)22)2-1-13-27-21/h1-14H. The van der Waals surface area contributed by atoms with Gasteiger partial charge in [-0.2, -0.15) is 0 Å². The molecule has 0 aliphatic carbocycles. The molecule has 5 rings (SSSR count). The smallest absolute Gasteiger partial charge is 0.0723 e. The summed E-state index contributed by atoms with van der Waals surface area (Å²) in [5, 5.41) is 2.25. The van der Waals surface area contributed by atoms with Crippen molar-refractivity contribution in [1.29, 1.82) is 0 Å². The van der Waals surface area contributed by atoms with Crippen LogP contribution in [0.2, 0.25) is 0 Å². The molecule has 5 aromatic rings. The third-order valence-corrected chi connectivity index (χ3v) is 5.91. The van der Waals surface area contributed by atoms with Gasteiger partial charge in [0.15, 0.2) is 0 Å². The van der Waals surface area contributed by atoms with Gasteiger partial charge in [-0.3, -0.25) is 4.98 Å². The van der Waals surface area contributed by atoms with E-state index in [0.717, 1.165) is 53.1 Å². The Morgan fingerprint density at radius 2 is 1.29 bits per heavy atom. The third kappa shape index (κ3) is 3.13. The number of rotatable bonds is 2. The fourth-order valence-electron chi connectivity index (χ4n) is 3.51. The number of hydrogen-bond acceptors (Lipinski definition) is 2. The lowest BCUT2D eigenvalue weighted by molar-refractivity contribution is 1.38. The number of benzene rings is 3. The van der Waals surface area contributed by atoms with Crippen molar-refractivity contribution in [2.45, 2.75) is 0 Å². The van der Waals surface area contributed by atoms with Gasteiger partial charge < -0.3 is 0 Å². The van der Waals surface area contributed by atoms with Gasteiger partial charge in [0.1, 0.15) is 0 Å². The van der Waals surface area contributed by atoms with Crippen molar-refractivity contribution in [3.63, 3.8) is 0 Å². The van der Waals surface area contributed by atoms with E-state index >= 15 is 0 Å². The molecule has 134 valence electrons. The Morgan fingerprint density at radius 1 is 0.643 bits per heavy atom. The van der Waals surface area contributed by atoms with Crippen molar-refractivity contribution < 1.29 is 0 Å². The number of fused-ring (bicyclic) bond motifs is 3. The van der Waals surface area contributed by atoms with Gasteiger partial charge in [0, 0.05) is 31.5 Å². The SMILES string of the molecule is Brc1ccc(-c2cc(-c3ccc(Br)cc3)c3c(ccc4ncccc43)n2)cc1. The maximum atomic E-state index is 4.98. The van der Waals surface area contributed by atoms with Gasteiger partial charge in [-0.1, -0.05) is 62.2 Å². The predicted octanol–water partition coefficient (Wildman–Crippen LogP) is 7.64. The van der Waals surface area contributed by atoms with Crippen molar-refractivity contribution >= 4 is 53.7 Å². The summed E-state index contributed by atoms with van der Waals surface area (Å²) < 4.78 is 2.12. The fourth-order valence-corrected chi connectivity index (χ4v) is 4.04. The van der Waals surface area contributed by atoms with E-state index in [-0.39, 0.29) is 0 Å². The largest absolute Gasteiger partial charge is 0.256 e. The monoisotopic (exact) mass is 488 g/mol. The molecule has 2 heterocycles. The number of aromatic nitrogens is 2. The first-order valence-corrected chi connectivity index (χ1v) is 10.5. The zero-order valence-electron chi connectivity index (χ0n) is 14.7. The molecule has 4 heteroatoms. The average molecular weight is 490 g/mol. The Morgan fingerprint density at radius 3 is 2.00 bits per heavy atom. The van der Waals surface area contributed by atoms with E-state index in [4.69, 9.17) is 4.98 Å². The summed E-state index contributed by atoms with van der Waals surface area (Å²) in [4.78, 5) is 9.51. The summed E-state index contributed by atoms with van der Waals surface area (Å²) in [6, 6.07) is 27.1. The van der Waals surface area contributed by atoms with Crippen LogP contribution >= 0.6 is 31.9 Å². The highest BCUT2D eigenvalue weighted by atomic mass is 79.9. The molecule has 0 bridgehead atoms. The summed E-state index contributed by atoms with van der Waals surface area (Å²) >= 11 is 7.05. The Hall–Kier alpha value is -2.56. The van der Waals surface area contributed by atoms with Gasteiger partial charge in [-0.25, -0.2) is 4.98 Å². The number of hydrogen-bond donors (Lipinski definition) is 0. The van der Waals surface area contributed by atoms with Gasteiger partial charge in [-0.05, 0) is 59.7 Å². The second kappa shape index (κ2) is 7.12. The average Bonchev–Trinajstić information content (AvgIpc) is 2.74. The van der Waals surface area contributed by atoms with E-state index in [1.54, 1.807) is 0 Å². The summed E-state index contributed by atoms with van der Waals surface area (Å²) in [7, 11) is 0. The predicted molar refractivity (Wildman–Crippen MR) is 123 cm³/mol. The topological polar surface area (TPSA) is 25.8 Å². The highest BCUT2D eigenvalue weighted by Crippen LogP contribution is 2.36. The minimum absolute atomic E-state index is 0.959. The van der Waals surface area contributed by atoms with Gasteiger partial charge in [0.2, 0.25) is 0 Å². The molecular weight excluding hydrogens is 476 g/mol. The van der Waals surface area contributed by atoms with Crippen LogP contribution in [0.5, 0.6) is 0 Å². The number of halogens is 2. The van der Waals surface area contributed by atoms with Crippen molar-refractivity contribution in [1.82, 2.24) is 9.97 Å². The molecule has 28 heavy (non-hydrogen) atoms. The van der Waals surface area contributed by atoms with Crippen molar-refractivity contribution in [3.8, 4) is 22.4 Å². The highest BCUT2D eigenvalue weighted by molar-refractivity contribution is 9.10. The van der Waals surface area contributed by atoms with Gasteiger partial charge in [-0.15, -0.1) is 0 Å². The van der Waals surface area contributed by atoms with Crippen molar-refractivity contribution in [2.24, 2.45) is 0 Å². The van der Waals surface area contributed by atoms with Crippen LogP contribution in [-0.4, -0.2) is 9.97 Å². The Kier molecular flexibility index (Phi) is 4.46. The molecule has 0 N–H and O–H groups in total. The zero-order valence-corrected chi connectivity index (χ0v) is 17.9. The van der Waals surface area contributed by atoms with Crippen LogP contribution in [0.1, 0.15) is 0 Å². The second-order valence-electron chi connectivity index (χ2n) is 6.60. The molecule has 0 radical (unpaired) electrons. The van der Waals surface area contributed by atoms with Crippen LogP contribution in [0, 0.1) is 0 Å². The fraction of sp³-hybridized carbons (Fsp3) is 0. The molecule has 0 fully saturated rings. The normalized spacial score (nSPS) is 11.2. The van der Waals surface area contributed by atoms with Gasteiger partial charge >= 0.3 is 0 Å². The van der Waals surface area contributed by atoms with Crippen LogP contribution in [0.25, 0.3) is 44.2 Å². The minimum Gasteiger partial charge on any atom is -0.256 e. The minimum atomic E-state index is 0.959. The van der Waals surface area contributed by atoms with Crippen LogP contribution in [-0.2, 0) is 0 Å². The number of pyridine rings is 2. The van der Waals surface area contributed by atoms with E-state index in [1.807, 2.05) is 30.5 Å². The molecular formula is C24H14Br2N2. The first-order chi connectivity index (χ1) is 13.7. The molecule has 0 amide bonds. The molecule has 2 aromatic heterocycles. The van der Waals surface area contributed by atoms with E-state index in [9.17, 15) is 0 Å². The molecule has 3 aromatic carbocycles. The van der Waals surface area contributed by atoms with Crippen LogP contribution in [0.15, 0.2) is 94.0 Å². The van der Waals surface area contributed by atoms with E-state index in [0.29, 0.717) is 0 Å². The van der Waals surface area contributed by atoms with Crippen molar-refractivity contribution in [3.05, 3.63) is 94.0 Å². The Labute approximate surface area is 179 Å². The van der Waals surface area contributed by atoms with Crippen LogP contribution < -0.4 is 0 Å². The first-order valence-electron chi connectivity index (χ1n) is 8.89. The Balaban J connectivity index is 1.87. The maximum absolute atomic E-state index is 4.98. The van der Waals surface area contributed by atoms with Gasteiger partial charge in [0.05, 0.1) is 16.7 Å². The summed E-state index contributed by atoms with van der Waals surface area (Å²) in [6.45, 7) is 0. The lowest BCUT2D eigenvalue weighted by Gasteiger charge is -2.13. The van der Waals surface area contributed by atoms with E-state index < -0.39 is 0 Å². The maximum Gasteiger partial charge on any atom is 0.0723 e. The van der Waals surface area contributed by atoms with E-state index in [1.165, 1.54) is 0 Å². The molecule has 0 saturated carbocycles. The molecule has 0 aliphatic heterocycles. The van der Waals surface area contributed by atoms with Crippen LogP contribution in [0.4, 0.5) is 0 Å². The molecule has 0 spiro atoms. The summed E-state index contributed by atoms with van der Waals surface area (Å²) in [5.74, 6) is 0. The number of nitrogens with zero attached hydrogens (tertiary/aromatic N) is 2. The lowest BCUT2D eigenvalue weighted by atomic mass is 9.96. The summed E-state index contributed by atoms with van der Waals surface area (Å²) in [5.41, 5.74) is 6.32. The van der Waals surface area contributed by atoms with Gasteiger partial charge in [0.25, 0.3) is 0 Å². The first kappa shape index (κ1) is 17.5. The molecule has 0 unspecified atom stereocenters. The highest BCUT2D eigenvalue weighted by Gasteiger charge is 2.13. The second-order valence-corrected chi connectivity index (χ2v) is 8.43. The zero-order chi connectivity index (χ0) is 19.1. The summed E-state index contributed by atoms with van der Waals surface area (Å²) in [6.07, 6.45) is 1.83. The Bertz CT molecular complexity index is 1310. The quantitative estimate of drug-likeness (QED) is 0.238.